The molecule has 92 valence electrons. The van der Waals surface area contributed by atoms with Crippen LogP contribution in [0.25, 0.3) is 0 Å². The van der Waals surface area contributed by atoms with Gasteiger partial charge in [0.05, 0.1) is 5.92 Å². The van der Waals surface area contributed by atoms with Crippen LogP contribution in [-0.2, 0) is 0 Å². The molecule has 2 bridgehead atoms. The van der Waals surface area contributed by atoms with E-state index in [1.807, 2.05) is 0 Å². The fourth-order valence-corrected chi connectivity index (χ4v) is 3.52. The van der Waals surface area contributed by atoms with Crippen LogP contribution in [0.4, 0.5) is 5.95 Å². The summed E-state index contributed by atoms with van der Waals surface area (Å²) in [7, 11) is 0. The predicted octanol–water partition coefficient (Wildman–Crippen LogP) is 1.28. The molecule has 1 N–H and O–H groups in total. The average Bonchev–Trinajstić information content (AvgIpc) is 3.12. The molecule has 17 heavy (non-hydrogen) atoms. The van der Waals surface area contributed by atoms with Crippen molar-refractivity contribution in [1.82, 2.24) is 15.5 Å². The largest absolute Gasteiger partial charge is 0.338 e. The normalized spacial score (nSPS) is 36.0. The molecule has 3 atom stereocenters. The summed E-state index contributed by atoms with van der Waals surface area (Å²) in [5, 5.41) is 7.75. The van der Waals surface area contributed by atoms with Gasteiger partial charge in [-0.25, -0.2) is 0 Å². The van der Waals surface area contributed by atoms with Crippen molar-refractivity contribution in [1.29, 1.82) is 0 Å². The summed E-state index contributed by atoms with van der Waals surface area (Å²) in [6.45, 7) is 2.15. The second-order valence-electron chi connectivity index (χ2n) is 5.52. The van der Waals surface area contributed by atoms with Crippen LogP contribution in [0.15, 0.2) is 4.52 Å². The molecular formula is C12H18N4O. The fraction of sp³-hybridized carbons (Fsp3) is 0.833. The first kappa shape index (κ1) is 9.88. The number of hydrogen-bond donors (Lipinski definition) is 1. The van der Waals surface area contributed by atoms with Crippen LogP contribution in [0.1, 0.15) is 43.9 Å². The van der Waals surface area contributed by atoms with E-state index >= 15 is 0 Å². The van der Waals surface area contributed by atoms with Gasteiger partial charge < -0.3 is 14.7 Å². The molecule has 5 nitrogen and oxygen atoms in total. The second-order valence-corrected chi connectivity index (χ2v) is 5.52. The van der Waals surface area contributed by atoms with Crippen LogP contribution >= 0.6 is 0 Å². The van der Waals surface area contributed by atoms with Crippen LogP contribution in [0.2, 0.25) is 0 Å². The van der Waals surface area contributed by atoms with Crippen molar-refractivity contribution in [2.45, 2.75) is 50.1 Å². The van der Waals surface area contributed by atoms with Crippen molar-refractivity contribution in [3.63, 3.8) is 0 Å². The monoisotopic (exact) mass is 234 g/mol. The van der Waals surface area contributed by atoms with Gasteiger partial charge in [0, 0.05) is 25.2 Å². The minimum atomic E-state index is 0.456. The Morgan fingerprint density at radius 1 is 1.24 bits per heavy atom. The van der Waals surface area contributed by atoms with Gasteiger partial charge in [0.25, 0.3) is 5.95 Å². The van der Waals surface area contributed by atoms with E-state index < -0.39 is 0 Å². The average molecular weight is 234 g/mol. The zero-order valence-electron chi connectivity index (χ0n) is 9.93. The summed E-state index contributed by atoms with van der Waals surface area (Å²) in [5.74, 6) is 2.12. The maximum absolute atomic E-state index is 5.47. The fourth-order valence-electron chi connectivity index (χ4n) is 3.52. The Labute approximate surface area is 101 Å². The maximum atomic E-state index is 5.47. The highest BCUT2D eigenvalue weighted by Gasteiger charge is 2.42. The van der Waals surface area contributed by atoms with Gasteiger partial charge in [-0.3, -0.25) is 0 Å². The summed E-state index contributed by atoms with van der Waals surface area (Å²) in [5.41, 5.74) is 0. The lowest BCUT2D eigenvalue weighted by Crippen LogP contribution is -2.22. The minimum Gasteiger partial charge on any atom is -0.338 e. The zero-order chi connectivity index (χ0) is 11.2. The van der Waals surface area contributed by atoms with Gasteiger partial charge in [-0.2, -0.15) is 4.98 Å². The Morgan fingerprint density at radius 2 is 2.12 bits per heavy atom. The molecule has 0 aliphatic carbocycles. The summed E-state index contributed by atoms with van der Waals surface area (Å²) in [4.78, 5) is 6.83. The Kier molecular flexibility index (Phi) is 2.15. The Bertz CT molecular complexity index is 412. The van der Waals surface area contributed by atoms with Gasteiger partial charge in [-0.1, -0.05) is 0 Å². The summed E-state index contributed by atoms with van der Waals surface area (Å²) < 4.78 is 5.47. The molecule has 3 saturated heterocycles. The summed E-state index contributed by atoms with van der Waals surface area (Å²) >= 11 is 0. The highest BCUT2D eigenvalue weighted by Crippen LogP contribution is 2.39. The maximum Gasteiger partial charge on any atom is 0.266 e. The second kappa shape index (κ2) is 3.70. The molecule has 3 aliphatic rings. The molecule has 0 aromatic carbocycles. The molecule has 1 aromatic rings. The van der Waals surface area contributed by atoms with E-state index in [0.717, 1.165) is 24.9 Å². The molecular weight excluding hydrogens is 216 g/mol. The number of hydrogen-bond acceptors (Lipinski definition) is 5. The Hall–Kier alpha value is -1.10. The molecule has 3 fully saturated rings. The molecule has 0 spiro atoms. The Morgan fingerprint density at radius 3 is 2.82 bits per heavy atom. The molecule has 5 heteroatoms. The van der Waals surface area contributed by atoms with Crippen molar-refractivity contribution in [3.05, 3.63) is 5.89 Å². The summed E-state index contributed by atoms with van der Waals surface area (Å²) in [6.07, 6.45) is 6.25. The van der Waals surface area contributed by atoms with E-state index in [1.54, 1.807) is 0 Å². The third kappa shape index (κ3) is 1.56. The van der Waals surface area contributed by atoms with Crippen LogP contribution < -0.4 is 10.2 Å². The van der Waals surface area contributed by atoms with Crippen molar-refractivity contribution in [3.8, 4) is 0 Å². The molecule has 0 saturated carbocycles. The van der Waals surface area contributed by atoms with Crippen LogP contribution in [0.5, 0.6) is 0 Å². The smallest absolute Gasteiger partial charge is 0.266 e. The number of anilines is 1. The number of aromatic nitrogens is 2. The zero-order valence-corrected chi connectivity index (χ0v) is 9.93. The van der Waals surface area contributed by atoms with Crippen LogP contribution in [0.3, 0.4) is 0 Å². The van der Waals surface area contributed by atoms with E-state index in [4.69, 9.17) is 4.52 Å². The van der Waals surface area contributed by atoms with Crippen molar-refractivity contribution < 1.29 is 4.52 Å². The molecule has 4 rings (SSSR count). The molecule has 1 aromatic heterocycles. The standard InChI is InChI=1S/C12H18N4O/c1-2-6-16(5-1)12-14-11(17-15-12)9-7-8-3-4-10(9)13-8/h8-10,13H,1-7H2. The lowest BCUT2D eigenvalue weighted by atomic mass is 9.89. The van der Waals surface area contributed by atoms with E-state index in [0.29, 0.717) is 18.0 Å². The van der Waals surface area contributed by atoms with Crippen molar-refractivity contribution >= 4 is 5.95 Å². The van der Waals surface area contributed by atoms with E-state index in [1.165, 1.54) is 32.1 Å². The molecule has 0 amide bonds. The van der Waals surface area contributed by atoms with Gasteiger partial charge in [0.1, 0.15) is 0 Å². The van der Waals surface area contributed by atoms with Gasteiger partial charge in [0.15, 0.2) is 0 Å². The number of nitrogens with zero attached hydrogens (tertiary/aromatic N) is 3. The lowest BCUT2D eigenvalue weighted by Gasteiger charge is -2.15. The van der Waals surface area contributed by atoms with E-state index in [2.05, 4.69) is 20.4 Å². The van der Waals surface area contributed by atoms with E-state index in [9.17, 15) is 0 Å². The molecule has 4 heterocycles. The molecule has 0 radical (unpaired) electrons. The topological polar surface area (TPSA) is 54.2 Å². The minimum absolute atomic E-state index is 0.456. The van der Waals surface area contributed by atoms with Crippen molar-refractivity contribution in [2.24, 2.45) is 0 Å². The summed E-state index contributed by atoms with van der Waals surface area (Å²) in [6, 6.07) is 1.26. The van der Waals surface area contributed by atoms with E-state index in [-0.39, 0.29) is 0 Å². The third-order valence-corrected chi connectivity index (χ3v) is 4.44. The third-order valence-electron chi connectivity index (χ3n) is 4.44. The van der Waals surface area contributed by atoms with Gasteiger partial charge in [-0.05, 0) is 37.3 Å². The van der Waals surface area contributed by atoms with Crippen LogP contribution in [0, 0.1) is 0 Å². The molecule has 3 unspecified atom stereocenters. The highest BCUT2D eigenvalue weighted by molar-refractivity contribution is 5.30. The predicted molar refractivity (Wildman–Crippen MR) is 63.0 cm³/mol. The number of fused-ring (bicyclic) bond motifs is 2. The van der Waals surface area contributed by atoms with Gasteiger partial charge in [-0.15, -0.1) is 0 Å². The van der Waals surface area contributed by atoms with Crippen molar-refractivity contribution in [2.75, 3.05) is 18.0 Å². The first-order valence-corrected chi connectivity index (χ1v) is 6.75. The number of nitrogens with one attached hydrogen (secondary N) is 1. The lowest BCUT2D eigenvalue weighted by molar-refractivity contribution is 0.329. The highest BCUT2D eigenvalue weighted by atomic mass is 16.5. The quantitative estimate of drug-likeness (QED) is 0.835. The Balaban J connectivity index is 1.54. The molecule has 3 aliphatic heterocycles. The van der Waals surface area contributed by atoms with Gasteiger partial charge in [0.2, 0.25) is 5.89 Å². The van der Waals surface area contributed by atoms with Crippen LogP contribution in [-0.4, -0.2) is 35.3 Å². The number of rotatable bonds is 2. The van der Waals surface area contributed by atoms with Gasteiger partial charge >= 0.3 is 0 Å². The first-order valence-electron chi connectivity index (χ1n) is 6.75. The first-order chi connectivity index (χ1) is 8.40. The SMILES string of the molecule is C1CCN(c2noc(C3CC4CCC3N4)n2)C1.